The molecule has 0 aliphatic heterocycles. The Bertz CT molecular complexity index is 572. The summed E-state index contributed by atoms with van der Waals surface area (Å²) in [6.07, 6.45) is 3.36. The molecule has 1 atom stereocenters. The lowest BCUT2D eigenvalue weighted by Gasteiger charge is -2.09. The zero-order valence-corrected chi connectivity index (χ0v) is 11.8. The number of benzene rings is 1. The maximum absolute atomic E-state index is 10.7. The monoisotopic (exact) mass is 286 g/mol. The lowest BCUT2D eigenvalue weighted by Crippen LogP contribution is -2.33. The summed E-state index contributed by atoms with van der Waals surface area (Å²) < 4.78 is 0. The van der Waals surface area contributed by atoms with Crippen LogP contribution in [0, 0.1) is 0 Å². The van der Waals surface area contributed by atoms with Crippen LogP contribution in [-0.4, -0.2) is 27.1 Å². The normalized spacial score (nSPS) is 11.9. The quantitative estimate of drug-likeness (QED) is 0.717. The van der Waals surface area contributed by atoms with Gasteiger partial charge in [-0.15, -0.1) is 0 Å². The molecule has 0 aliphatic rings. The maximum atomic E-state index is 10.7. The predicted molar refractivity (Wildman–Crippen MR) is 79.7 cm³/mol. The summed E-state index contributed by atoms with van der Waals surface area (Å²) in [6.45, 7) is 2.68. The molecule has 110 valence electrons. The van der Waals surface area contributed by atoms with Crippen molar-refractivity contribution in [1.82, 2.24) is 15.3 Å². The molecule has 1 aromatic carbocycles. The highest BCUT2D eigenvalue weighted by Gasteiger charge is 2.09. The standard InChI is InChI=1S/C15H18N4O2/c1-11(14(20)21)16-8-13-9-18-15(19-10-13)17-7-12-5-3-2-4-6-12/h2-6,9-11,16H,7-8H2,1H3,(H,20,21)(H,17,18,19). The van der Waals surface area contributed by atoms with Crippen molar-refractivity contribution in [2.75, 3.05) is 5.32 Å². The molecule has 0 saturated carbocycles. The van der Waals surface area contributed by atoms with Crippen LogP contribution in [0.4, 0.5) is 5.95 Å². The summed E-state index contributed by atoms with van der Waals surface area (Å²) in [5.74, 6) is -0.328. The Balaban J connectivity index is 1.83. The van der Waals surface area contributed by atoms with Crippen molar-refractivity contribution in [3.63, 3.8) is 0 Å². The molecular weight excluding hydrogens is 268 g/mol. The first-order valence-corrected chi connectivity index (χ1v) is 6.70. The fourth-order valence-electron chi connectivity index (χ4n) is 1.67. The number of hydrogen-bond donors (Lipinski definition) is 3. The average Bonchev–Trinajstić information content (AvgIpc) is 2.52. The first-order valence-electron chi connectivity index (χ1n) is 6.70. The number of carboxylic acid groups (broad SMARTS) is 1. The highest BCUT2D eigenvalue weighted by Crippen LogP contribution is 2.04. The summed E-state index contributed by atoms with van der Waals surface area (Å²) in [4.78, 5) is 19.1. The van der Waals surface area contributed by atoms with Gasteiger partial charge in [0, 0.05) is 31.0 Å². The number of nitrogens with one attached hydrogen (secondary N) is 2. The Kier molecular flexibility index (Phi) is 5.22. The van der Waals surface area contributed by atoms with Gasteiger partial charge in [-0.25, -0.2) is 9.97 Å². The molecule has 0 amide bonds. The van der Waals surface area contributed by atoms with E-state index in [1.165, 1.54) is 0 Å². The Hall–Kier alpha value is -2.47. The smallest absolute Gasteiger partial charge is 0.320 e. The van der Waals surface area contributed by atoms with E-state index in [1.807, 2.05) is 30.3 Å². The number of carbonyl (C=O) groups is 1. The SMILES string of the molecule is CC(NCc1cnc(NCc2ccccc2)nc1)C(=O)O. The van der Waals surface area contributed by atoms with Crippen LogP contribution in [0.3, 0.4) is 0 Å². The largest absolute Gasteiger partial charge is 0.480 e. The fourth-order valence-corrected chi connectivity index (χ4v) is 1.67. The number of carboxylic acids is 1. The van der Waals surface area contributed by atoms with E-state index in [4.69, 9.17) is 5.11 Å². The molecular formula is C15H18N4O2. The van der Waals surface area contributed by atoms with E-state index in [-0.39, 0.29) is 0 Å². The Morgan fingerprint density at radius 3 is 2.43 bits per heavy atom. The topological polar surface area (TPSA) is 87.1 Å². The van der Waals surface area contributed by atoms with Gasteiger partial charge in [0.15, 0.2) is 0 Å². The molecule has 1 aromatic heterocycles. The number of nitrogens with zero attached hydrogens (tertiary/aromatic N) is 2. The van der Waals surface area contributed by atoms with E-state index < -0.39 is 12.0 Å². The van der Waals surface area contributed by atoms with E-state index in [0.29, 0.717) is 19.0 Å². The van der Waals surface area contributed by atoms with Gasteiger partial charge in [0.1, 0.15) is 6.04 Å². The van der Waals surface area contributed by atoms with Crippen molar-refractivity contribution in [3.8, 4) is 0 Å². The molecule has 6 heteroatoms. The summed E-state index contributed by atoms with van der Waals surface area (Å²) in [5, 5.41) is 14.8. The third-order valence-electron chi connectivity index (χ3n) is 2.98. The van der Waals surface area contributed by atoms with E-state index in [2.05, 4.69) is 20.6 Å². The third kappa shape index (κ3) is 4.85. The number of aliphatic carboxylic acids is 1. The number of anilines is 1. The molecule has 21 heavy (non-hydrogen) atoms. The maximum Gasteiger partial charge on any atom is 0.320 e. The number of rotatable bonds is 7. The molecule has 0 radical (unpaired) electrons. The molecule has 2 rings (SSSR count). The van der Waals surface area contributed by atoms with E-state index in [9.17, 15) is 4.79 Å². The van der Waals surface area contributed by atoms with Crippen LogP contribution in [0.25, 0.3) is 0 Å². The summed E-state index contributed by atoms with van der Waals surface area (Å²) in [7, 11) is 0. The van der Waals surface area contributed by atoms with Crippen LogP contribution in [-0.2, 0) is 17.9 Å². The van der Waals surface area contributed by atoms with E-state index >= 15 is 0 Å². The molecule has 0 saturated heterocycles. The predicted octanol–water partition coefficient (Wildman–Crippen LogP) is 1.65. The van der Waals surface area contributed by atoms with E-state index in [1.54, 1.807) is 19.3 Å². The van der Waals surface area contributed by atoms with Gasteiger partial charge in [0.2, 0.25) is 5.95 Å². The van der Waals surface area contributed by atoms with Gasteiger partial charge in [0.25, 0.3) is 0 Å². The fraction of sp³-hybridized carbons (Fsp3) is 0.267. The van der Waals surface area contributed by atoms with Crippen LogP contribution >= 0.6 is 0 Å². The first kappa shape index (κ1) is 14.9. The zero-order chi connectivity index (χ0) is 15.1. The number of hydrogen-bond acceptors (Lipinski definition) is 5. The molecule has 1 heterocycles. The second-order valence-electron chi connectivity index (χ2n) is 4.69. The minimum Gasteiger partial charge on any atom is -0.480 e. The average molecular weight is 286 g/mol. The van der Waals surface area contributed by atoms with Gasteiger partial charge >= 0.3 is 5.97 Å². The first-order chi connectivity index (χ1) is 10.1. The van der Waals surface area contributed by atoms with Crippen LogP contribution in [0.15, 0.2) is 42.7 Å². The summed E-state index contributed by atoms with van der Waals surface area (Å²) in [6, 6.07) is 9.39. The molecule has 0 spiro atoms. The van der Waals surface area contributed by atoms with Crippen LogP contribution in [0.1, 0.15) is 18.1 Å². The second-order valence-corrected chi connectivity index (χ2v) is 4.69. The molecule has 3 N–H and O–H groups in total. The highest BCUT2D eigenvalue weighted by molar-refractivity contribution is 5.72. The van der Waals surface area contributed by atoms with Crippen molar-refractivity contribution in [2.24, 2.45) is 0 Å². The Morgan fingerprint density at radius 1 is 1.14 bits per heavy atom. The van der Waals surface area contributed by atoms with Gasteiger partial charge < -0.3 is 15.7 Å². The van der Waals surface area contributed by atoms with Crippen LogP contribution in [0.2, 0.25) is 0 Å². The van der Waals surface area contributed by atoms with E-state index in [0.717, 1.165) is 11.1 Å². The third-order valence-corrected chi connectivity index (χ3v) is 2.98. The van der Waals surface area contributed by atoms with Crippen LogP contribution in [0.5, 0.6) is 0 Å². The molecule has 6 nitrogen and oxygen atoms in total. The lowest BCUT2D eigenvalue weighted by molar-refractivity contribution is -0.139. The zero-order valence-electron chi connectivity index (χ0n) is 11.8. The van der Waals surface area contributed by atoms with Crippen molar-refractivity contribution < 1.29 is 9.90 Å². The Labute approximate surface area is 123 Å². The molecule has 2 aromatic rings. The lowest BCUT2D eigenvalue weighted by atomic mass is 10.2. The van der Waals surface area contributed by atoms with Crippen molar-refractivity contribution in [3.05, 3.63) is 53.9 Å². The minimum absolute atomic E-state index is 0.423. The summed E-state index contributed by atoms with van der Waals surface area (Å²) in [5.41, 5.74) is 2.00. The molecule has 0 aliphatic carbocycles. The second kappa shape index (κ2) is 7.35. The van der Waals surface area contributed by atoms with Crippen LogP contribution < -0.4 is 10.6 Å². The van der Waals surface area contributed by atoms with Gasteiger partial charge in [0.05, 0.1) is 0 Å². The molecule has 0 fully saturated rings. The van der Waals surface area contributed by atoms with Gasteiger partial charge in [-0.05, 0) is 12.5 Å². The van der Waals surface area contributed by atoms with Crippen molar-refractivity contribution in [1.29, 1.82) is 0 Å². The van der Waals surface area contributed by atoms with Gasteiger partial charge in [-0.2, -0.15) is 0 Å². The van der Waals surface area contributed by atoms with Crippen molar-refractivity contribution >= 4 is 11.9 Å². The van der Waals surface area contributed by atoms with Crippen molar-refractivity contribution in [2.45, 2.75) is 26.1 Å². The number of aromatic nitrogens is 2. The molecule has 0 bridgehead atoms. The highest BCUT2D eigenvalue weighted by atomic mass is 16.4. The minimum atomic E-state index is -0.878. The van der Waals surface area contributed by atoms with Gasteiger partial charge in [-0.1, -0.05) is 30.3 Å². The molecule has 1 unspecified atom stereocenters. The summed E-state index contributed by atoms with van der Waals surface area (Å²) >= 11 is 0. The van der Waals surface area contributed by atoms with Gasteiger partial charge in [-0.3, -0.25) is 4.79 Å². The Morgan fingerprint density at radius 2 is 1.81 bits per heavy atom.